The van der Waals surface area contributed by atoms with E-state index in [-0.39, 0.29) is 6.61 Å². The molecule has 0 fully saturated rings. The first-order valence-corrected chi connectivity index (χ1v) is 5.30. The van der Waals surface area contributed by atoms with Crippen LogP contribution in [0.1, 0.15) is 25.5 Å². The predicted octanol–water partition coefficient (Wildman–Crippen LogP) is 2.71. The van der Waals surface area contributed by atoms with Crippen LogP contribution in [0.3, 0.4) is 0 Å². The van der Waals surface area contributed by atoms with Crippen LogP contribution in [0.25, 0.3) is 0 Å². The summed E-state index contributed by atoms with van der Waals surface area (Å²) < 4.78 is 17.1. The van der Waals surface area contributed by atoms with Gasteiger partial charge < -0.3 is 10.1 Å². The topological polar surface area (TPSA) is 21.3 Å². The lowest BCUT2D eigenvalue weighted by Crippen LogP contribution is -2.17. The number of halogens is 1. The summed E-state index contributed by atoms with van der Waals surface area (Å²) in [6.45, 7) is 4.76. The summed E-state index contributed by atoms with van der Waals surface area (Å²) in [6.07, 6.45) is 0. The van der Waals surface area contributed by atoms with Gasteiger partial charge in [-0.05, 0) is 31.2 Å². The van der Waals surface area contributed by atoms with E-state index in [0.717, 1.165) is 17.9 Å². The lowest BCUT2D eigenvalue weighted by Gasteiger charge is -2.13. The molecule has 2 nitrogen and oxygen atoms in total. The van der Waals surface area contributed by atoms with E-state index in [9.17, 15) is 4.39 Å². The Morgan fingerprint density at radius 3 is 2.93 bits per heavy atom. The average molecular weight is 211 g/mol. The molecule has 0 aliphatic carbocycles. The minimum Gasteiger partial charge on any atom is -0.491 e. The molecule has 0 aliphatic heterocycles. The van der Waals surface area contributed by atoms with Crippen molar-refractivity contribution in [1.29, 1.82) is 0 Å². The van der Waals surface area contributed by atoms with Crippen molar-refractivity contribution < 1.29 is 9.13 Å². The highest BCUT2D eigenvalue weighted by atomic mass is 19.1. The van der Waals surface area contributed by atoms with Crippen molar-refractivity contribution in [1.82, 2.24) is 5.32 Å². The molecule has 0 aromatic heterocycles. The highest BCUT2D eigenvalue weighted by Gasteiger charge is 2.04. The maximum Gasteiger partial charge on any atom is 0.123 e. The summed E-state index contributed by atoms with van der Waals surface area (Å²) in [5.74, 6) is 0.731. The van der Waals surface area contributed by atoms with Gasteiger partial charge in [-0.15, -0.1) is 0 Å². The minimum absolute atomic E-state index is 0.124. The van der Waals surface area contributed by atoms with E-state index in [2.05, 4.69) is 19.2 Å². The molecular formula is C12H18FNO. The SMILES string of the molecule is CCNC(C)c1cccc(OCCF)c1. The molecule has 84 valence electrons. The van der Waals surface area contributed by atoms with Crippen molar-refractivity contribution in [2.24, 2.45) is 0 Å². The Morgan fingerprint density at radius 1 is 1.47 bits per heavy atom. The van der Waals surface area contributed by atoms with Crippen LogP contribution in [0.4, 0.5) is 4.39 Å². The Hall–Kier alpha value is -1.09. The van der Waals surface area contributed by atoms with E-state index in [1.54, 1.807) is 0 Å². The number of hydrogen-bond acceptors (Lipinski definition) is 2. The van der Waals surface area contributed by atoms with Gasteiger partial charge >= 0.3 is 0 Å². The highest BCUT2D eigenvalue weighted by Crippen LogP contribution is 2.18. The van der Waals surface area contributed by atoms with Gasteiger partial charge in [0.2, 0.25) is 0 Å². The number of nitrogens with one attached hydrogen (secondary N) is 1. The summed E-state index contributed by atoms with van der Waals surface area (Å²) in [5, 5.41) is 3.32. The van der Waals surface area contributed by atoms with Crippen LogP contribution in [0.5, 0.6) is 5.75 Å². The van der Waals surface area contributed by atoms with E-state index < -0.39 is 6.67 Å². The molecule has 0 aliphatic rings. The Kier molecular flexibility index (Phi) is 5.12. The highest BCUT2D eigenvalue weighted by molar-refractivity contribution is 5.30. The summed E-state index contributed by atoms with van der Waals surface area (Å²) in [7, 11) is 0. The minimum atomic E-state index is -0.451. The van der Waals surface area contributed by atoms with Crippen LogP contribution >= 0.6 is 0 Å². The molecule has 0 saturated carbocycles. The zero-order valence-corrected chi connectivity index (χ0v) is 9.29. The summed E-state index contributed by atoms with van der Waals surface area (Å²) in [4.78, 5) is 0. The van der Waals surface area contributed by atoms with Gasteiger partial charge in [-0.2, -0.15) is 0 Å². The number of alkyl halides is 1. The summed E-state index contributed by atoms with van der Waals surface area (Å²) in [6, 6.07) is 8.05. The van der Waals surface area contributed by atoms with Crippen molar-refractivity contribution in [3.63, 3.8) is 0 Å². The van der Waals surface area contributed by atoms with Gasteiger partial charge in [-0.3, -0.25) is 0 Å². The first-order chi connectivity index (χ1) is 7.27. The molecule has 0 bridgehead atoms. The molecule has 1 atom stereocenters. The van der Waals surface area contributed by atoms with Gasteiger partial charge in [0.1, 0.15) is 19.0 Å². The third-order valence-corrected chi connectivity index (χ3v) is 2.21. The fourth-order valence-electron chi connectivity index (χ4n) is 1.45. The molecule has 0 amide bonds. The third-order valence-electron chi connectivity index (χ3n) is 2.21. The van der Waals surface area contributed by atoms with Gasteiger partial charge in [0.25, 0.3) is 0 Å². The lowest BCUT2D eigenvalue weighted by molar-refractivity contribution is 0.273. The molecule has 0 spiro atoms. The second-order valence-electron chi connectivity index (χ2n) is 3.39. The molecular weight excluding hydrogens is 193 g/mol. The van der Waals surface area contributed by atoms with Crippen LogP contribution in [0.2, 0.25) is 0 Å². The molecule has 0 radical (unpaired) electrons. The maximum absolute atomic E-state index is 11.9. The monoisotopic (exact) mass is 211 g/mol. The molecule has 3 heteroatoms. The smallest absolute Gasteiger partial charge is 0.123 e. The van der Waals surface area contributed by atoms with E-state index >= 15 is 0 Å². The molecule has 1 aromatic carbocycles. The number of hydrogen-bond donors (Lipinski definition) is 1. The Bertz CT molecular complexity index is 291. The Morgan fingerprint density at radius 2 is 2.27 bits per heavy atom. The average Bonchev–Trinajstić information content (AvgIpc) is 2.27. The molecule has 0 saturated heterocycles. The van der Waals surface area contributed by atoms with Crippen molar-refractivity contribution in [3.8, 4) is 5.75 Å². The zero-order chi connectivity index (χ0) is 11.1. The number of rotatable bonds is 6. The van der Waals surface area contributed by atoms with Gasteiger partial charge in [-0.1, -0.05) is 19.1 Å². The van der Waals surface area contributed by atoms with Crippen LogP contribution in [-0.2, 0) is 0 Å². The van der Waals surface area contributed by atoms with Crippen molar-refractivity contribution in [2.75, 3.05) is 19.8 Å². The maximum atomic E-state index is 11.9. The molecule has 1 unspecified atom stereocenters. The van der Waals surface area contributed by atoms with Gasteiger partial charge in [0.15, 0.2) is 0 Å². The van der Waals surface area contributed by atoms with Crippen LogP contribution in [0, 0.1) is 0 Å². The third kappa shape index (κ3) is 3.88. The fourth-order valence-corrected chi connectivity index (χ4v) is 1.45. The summed E-state index contributed by atoms with van der Waals surface area (Å²) in [5.41, 5.74) is 1.16. The van der Waals surface area contributed by atoms with Crippen LogP contribution in [0.15, 0.2) is 24.3 Å². The zero-order valence-electron chi connectivity index (χ0n) is 9.29. The van der Waals surface area contributed by atoms with Crippen LogP contribution < -0.4 is 10.1 Å². The van der Waals surface area contributed by atoms with Crippen molar-refractivity contribution in [3.05, 3.63) is 29.8 Å². The van der Waals surface area contributed by atoms with Gasteiger partial charge in [-0.25, -0.2) is 4.39 Å². The molecule has 15 heavy (non-hydrogen) atoms. The molecule has 0 heterocycles. The fraction of sp³-hybridized carbons (Fsp3) is 0.500. The van der Waals surface area contributed by atoms with E-state index in [4.69, 9.17) is 4.74 Å². The predicted molar refractivity (Wildman–Crippen MR) is 60.0 cm³/mol. The normalized spacial score (nSPS) is 12.5. The summed E-state index contributed by atoms with van der Waals surface area (Å²) >= 11 is 0. The number of ether oxygens (including phenoxy) is 1. The largest absolute Gasteiger partial charge is 0.491 e. The second-order valence-corrected chi connectivity index (χ2v) is 3.39. The van der Waals surface area contributed by atoms with Crippen molar-refractivity contribution >= 4 is 0 Å². The Labute approximate surface area is 90.4 Å². The van der Waals surface area contributed by atoms with Crippen LogP contribution in [-0.4, -0.2) is 19.8 Å². The standard InChI is InChI=1S/C12H18FNO/c1-3-14-10(2)11-5-4-6-12(9-11)15-8-7-13/h4-6,9-10,14H,3,7-8H2,1-2H3. The van der Waals surface area contributed by atoms with E-state index in [1.807, 2.05) is 24.3 Å². The molecule has 1 rings (SSSR count). The first kappa shape index (κ1) is 12.0. The van der Waals surface area contributed by atoms with Gasteiger partial charge in [0, 0.05) is 6.04 Å². The molecule has 1 aromatic rings. The number of benzene rings is 1. The van der Waals surface area contributed by atoms with Crippen molar-refractivity contribution in [2.45, 2.75) is 19.9 Å². The molecule has 1 N–H and O–H groups in total. The second kappa shape index (κ2) is 6.40. The van der Waals surface area contributed by atoms with Gasteiger partial charge in [0.05, 0.1) is 0 Å². The first-order valence-electron chi connectivity index (χ1n) is 5.30. The Balaban J connectivity index is 2.64. The van der Waals surface area contributed by atoms with E-state index in [1.165, 1.54) is 0 Å². The van der Waals surface area contributed by atoms with E-state index in [0.29, 0.717) is 6.04 Å². The lowest BCUT2D eigenvalue weighted by atomic mass is 10.1. The quantitative estimate of drug-likeness (QED) is 0.781.